The average Bonchev–Trinajstić information content (AvgIpc) is 2.41. The molecule has 6 heteroatoms. The van der Waals surface area contributed by atoms with Gasteiger partial charge in [0.05, 0.1) is 11.6 Å². The van der Waals surface area contributed by atoms with Crippen LogP contribution in [0.2, 0.25) is 0 Å². The molecule has 0 radical (unpaired) electrons. The molecule has 2 aromatic carbocycles. The van der Waals surface area contributed by atoms with Gasteiger partial charge >= 0.3 is 6.18 Å². The van der Waals surface area contributed by atoms with E-state index < -0.39 is 11.7 Å². The predicted molar refractivity (Wildman–Crippen MR) is 79.5 cm³/mol. The average molecular weight is 359 g/mol. The Morgan fingerprint density at radius 2 is 1.71 bits per heavy atom. The van der Waals surface area contributed by atoms with E-state index in [-0.39, 0.29) is 6.04 Å². The van der Waals surface area contributed by atoms with Crippen LogP contribution in [-0.2, 0) is 6.18 Å². The highest BCUT2D eigenvalue weighted by molar-refractivity contribution is 9.10. The molecule has 2 aromatic rings. The molecule has 0 heterocycles. The van der Waals surface area contributed by atoms with Crippen molar-refractivity contribution < 1.29 is 13.2 Å². The monoisotopic (exact) mass is 358 g/mol. The summed E-state index contributed by atoms with van der Waals surface area (Å²) in [5.74, 6) is 5.58. The number of hydrogen-bond acceptors (Lipinski definition) is 2. The van der Waals surface area contributed by atoms with Gasteiger partial charge in [-0.15, -0.1) is 0 Å². The second-order valence-electron chi connectivity index (χ2n) is 4.72. The minimum absolute atomic E-state index is 0.361. The topological polar surface area (TPSA) is 38.0 Å². The maximum Gasteiger partial charge on any atom is 0.416 e. The molecule has 112 valence electrons. The molecule has 0 aliphatic rings. The summed E-state index contributed by atoms with van der Waals surface area (Å²) in [5.41, 5.74) is 4.57. The third-order valence-electron chi connectivity index (χ3n) is 3.28. The molecule has 21 heavy (non-hydrogen) atoms. The molecular formula is C15H14BrF3N2. The van der Waals surface area contributed by atoms with E-state index in [1.807, 2.05) is 25.1 Å². The Morgan fingerprint density at radius 3 is 2.19 bits per heavy atom. The smallest absolute Gasteiger partial charge is 0.271 e. The summed E-state index contributed by atoms with van der Waals surface area (Å²) in [6.45, 7) is 1.93. The molecule has 0 saturated carbocycles. The Bertz CT molecular complexity index is 624. The molecule has 2 nitrogen and oxygen atoms in total. The SMILES string of the molecule is Cc1cc(Br)ccc1C(NN)c1ccc(C(F)(F)F)cc1. The number of hydrazine groups is 1. The molecule has 3 N–H and O–H groups in total. The van der Waals surface area contributed by atoms with Crippen LogP contribution in [0.25, 0.3) is 0 Å². The van der Waals surface area contributed by atoms with Crippen molar-refractivity contribution in [1.29, 1.82) is 0 Å². The van der Waals surface area contributed by atoms with Crippen molar-refractivity contribution in [1.82, 2.24) is 5.43 Å². The summed E-state index contributed by atoms with van der Waals surface area (Å²) >= 11 is 3.38. The Hall–Kier alpha value is -1.37. The number of rotatable bonds is 3. The maximum absolute atomic E-state index is 12.6. The lowest BCUT2D eigenvalue weighted by Gasteiger charge is -2.20. The Balaban J connectivity index is 2.37. The normalized spacial score (nSPS) is 13.2. The van der Waals surface area contributed by atoms with Gasteiger partial charge in [-0.25, -0.2) is 5.43 Å². The van der Waals surface area contributed by atoms with Crippen LogP contribution in [0.4, 0.5) is 13.2 Å². The van der Waals surface area contributed by atoms with Crippen LogP contribution >= 0.6 is 15.9 Å². The molecule has 0 aromatic heterocycles. The van der Waals surface area contributed by atoms with Crippen LogP contribution in [0.15, 0.2) is 46.9 Å². The summed E-state index contributed by atoms with van der Waals surface area (Å²) < 4.78 is 38.7. The molecule has 0 amide bonds. The van der Waals surface area contributed by atoms with E-state index in [1.165, 1.54) is 12.1 Å². The lowest BCUT2D eigenvalue weighted by molar-refractivity contribution is -0.137. The van der Waals surface area contributed by atoms with Crippen LogP contribution < -0.4 is 11.3 Å². The van der Waals surface area contributed by atoms with Crippen molar-refractivity contribution in [2.45, 2.75) is 19.1 Å². The number of halogens is 4. The highest BCUT2D eigenvalue weighted by Crippen LogP contribution is 2.31. The van der Waals surface area contributed by atoms with E-state index in [1.54, 1.807) is 0 Å². The van der Waals surface area contributed by atoms with Crippen molar-refractivity contribution >= 4 is 15.9 Å². The van der Waals surface area contributed by atoms with Gasteiger partial charge in [0.1, 0.15) is 0 Å². The zero-order valence-electron chi connectivity index (χ0n) is 11.2. The van der Waals surface area contributed by atoms with Gasteiger partial charge in [-0.2, -0.15) is 13.2 Å². The largest absolute Gasteiger partial charge is 0.416 e. The summed E-state index contributed by atoms with van der Waals surface area (Å²) in [4.78, 5) is 0. The number of alkyl halides is 3. The van der Waals surface area contributed by atoms with Gasteiger partial charge in [-0.05, 0) is 47.9 Å². The van der Waals surface area contributed by atoms with Crippen LogP contribution in [0.5, 0.6) is 0 Å². The molecule has 0 saturated heterocycles. The first-order chi connectivity index (χ1) is 9.82. The fraction of sp³-hybridized carbons (Fsp3) is 0.200. The number of benzene rings is 2. The minimum Gasteiger partial charge on any atom is -0.271 e. The third-order valence-corrected chi connectivity index (χ3v) is 3.77. The Morgan fingerprint density at radius 1 is 1.10 bits per heavy atom. The lowest BCUT2D eigenvalue weighted by atomic mass is 9.95. The third kappa shape index (κ3) is 3.64. The fourth-order valence-electron chi connectivity index (χ4n) is 2.19. The van der Waals surface area contributed by atoms with Gasteiger partial charge in [-0.1, -0.05) is 34.1 Å². The summed E-state index contributed by atoms with van der Waals surface area (Å²) in [6.07, 6.45) is -4.34. The zero-order chi connectivity index (χ0) is 15.6. The van der Waals surface area contributed by atoms with Crippen molar-refractivity contribution in [2.24, 2.45) is 5.84 Å². The molecule has 2 rings (SSSR count). The lowest BCUT2D eigenvalue weighted by Crippen LogP contribution is -2.29. The van der Waals surface area contributed by atoms with E-state index in [0.717, 1.165) is 27.7 Å². The number of hydrogen-bond donors (Lipinski definition) is 2. The van der Waals surface area contributed by atoms with E-state index in [0.29, 0.717) is 5.56 Å². The van der Waals surface area contributed by atoms with Crippen molar-refractivity contribution in [2.75, 3.05) is 0 Å². The van der Waals surface area contributed by atoms with Gasteiger partial charge < -0.3 is 0 Å². The first-order valence-electron chi connectivity index (χ1n) is 6.22. The molecule has 1 unspecified atom stereocenters. The van der Waals surface area contributed by atoms with Gasteiger partial charge in [0.25, 0.3) is 0 Å². The zero-order valence-corrected chi connectivity index (χ0v) is 12.8. The van der Waals surface area contributed by atoms with Crippen LogP contribution in [0.3, 0.4) is 0 Å². The van der Waals surface area contributed by atoms with Crippen molar-refractivity contribution in [3.63, 3.8) is 0 Å². The first-order valence-corrected chi connectivity index (χ1v) is 7.01. The van der Waals surface area contributed by atoms with Gasteiger partial charge in [0, 0.05) is 4.47 Å². The fourth-order valence-corrected chi connectivity index (χ4v) is 2.67. The number of nitrogens with two attached hydrogens (primary N) is 1. The van der Waals surface area contributed by atoms with E-state index in [4.69, 9.17) is 5.84 Å². The molecule has 0 fully saturated rings. The molecular weight excluding hydrogens is 345 g/mol. The van der Waals surface area contributed by atoms with Gasteiger partial charge in [0.2, 0.25) is 0 Å². The molecule has 1 atom stereocenters. The highest BCUT2D eigenvalue weighted by atomic mass is 79.9. The maximum atomic E-state index is 12.6. The van der Waals surface area contributed by atoms with E-state index in [2.05, 4.69) is 21.4 Å². The first kappa shape index (κ1) is 16.0. The standard InChI is InChI=1S/C15H14BrF3N2/c1-9-8-12(16)6-7-13(9)14(21-20)10-2-4-11(5-3-10)15(17,18)19/h2-8,14,21H,20H2,1H3. The van der Waals surface area contributed by atoms with Crippen LogP contribution in [-0.4, -0.2) is 0 Å². The predicted octanol–water partition coefficient (Wildman–Crippen LogP) is 4.33. The minimum atomic E-state index is -4.34. The Kier molecular flexibility index (Phi) is 4.70. The number of nitrogens with one attached hydrogen (secondary N) is 1. The number of aryl methyl sites for hydroxylation is 1. The molecule has 0 bridgehead atoms. The molecule has 0 aliphatic heterocycles. The van der Waals surface area contributed by atoms with Crippen LogP contribution in [0.1, 0.15) is 28.3 Å². The molecule has 0 aliphatic carbocycles. The summed E-state index contributed by atoms with van der Waals surface area (Å²) in [6, 6.07) is 10.3. The van der Waals surface area contributed by atoms with E-state index >= 15 is 0 Å². The summed E-state index contributed by atoms with van der Waals surface area (Å²) in [5, 5.41) is 0. The van der Waals surface area contributed by atoms with Gasteiger partial charge in [0.15, 0.2) is 0 Å². The van der Waals surface area contributed by atoms with Crippen molar-refractivity contribution in [3.8, 4) is 0 Å². The quantitative estimate of drug-likeness (QED) is 0.633. The molecule has 0 spiro atoms. The van der Waals surface area contributed by atoms with Gasteiger partial charge in [-0.3, -0.25) is 5.84 Å². The second-order valence-corrected chi connectivity index (χ2v) is 5.64. The van der Waals surface area contributed by atoms with Crippen molar-refractivity contribution in [3.05, 3.63) is 69.2 Å². The highest BCUT2D eigenvalue weighted by Gasteiger charge is 2.30. The Labute approximate surface area is 129 Å². The van der Waals surface area contributed by atoms with Crippen LogP contribution in [0, 0.1) is 6.92 Å². The van der Waals surface area contributed by atoms with E-state index in [9.17, 15) is 13.2 Å². The summed E-state index contributed by atoms with van der Waals surface area (Å²) in [7, 11) is 0. The second kappa shape index (κ2) is 6.17.